The fourth-order valence-corrected chi connectivity index (χ4v) is 3.95. The fraction of sp³-hybridized carbons (Fsp3) is 0.200. The van der Waals surface area contributed by atoms with Gasteiger partial charge in [0.25, 0.3) is 11.8 Å². The van der Waals surface area contributed by atoms with E-state index in [2.05, 4.69) is 5.32 Å². The van der Waals surface area contributed by atoms with Gasteiger partial charge in [0.1, 0.15) is 0 Å². The first kappa shape index (κ1) is 19.6. The zero-order chi connectivity index (χ0) is 20.5. The maximum absolute atomic E-state index is 12.3. The van der Waals surface area contributed by atoms with Crippen LogP contribution in [-0.2, 0) is 26.0 Å². The molecule has 2 amide bonds. The van der Waals surface area contributed by atoms with Gasteiger partial charge in [0, 0.05) is 25.4 Å². The molecule has 28 heavy (non-hydrogen) atoms. The Morgan fingerprint density at radius 1 is 1.18 bits per heavy atom. The maximum atomic E-state index is 12.3. The highest BCUT2D eigenvalue weighted by Gasteiger charge is 2.31. The highest BCUT2D eigenvalue weighted by atomic mass is 32.2. The van der Waals surface area contributed by atoms with Gasteiger partial charge in [-0.15, -0.1) is 0 Å². The highest BCUT2D eigenvalue weighted by molar-refractivity contribution is 7.90. The number of nitrogens with one attached hydrogen (secondary N) is 1. The summed E-state index contributed by atoms with van der Waals surface area (Å²) in [5.74, 6) is -1.63. The van der Waals surface area contributed by atoms with Crippen molar-refractivity contribution in [2.75, 3.05) is 19.8 Å². The SMILES string of the molecule is CN1CC(C(=O)NCc2cccc(-c3ccccc3S(C)(=O)=O)c2)=C(O)C1=O. The quantitative estimate of drug-likeness (QED) is 0.794. The van der Waals surface area contributed by atoms with Crippen molar-refractivity contribution in [2.24, 2.45) is 0 Å². The molecule has 0 spiro atoms. The van der Waals surface area contributed by atoms with E-state index >= 15 is 0 Å². The standard InChI is InChI=1S/C20H20N2O5S/c1-22-12-16(18(23)20(22)25)19(24)21-11-13-6-5-7-14(10-13)15-8-3-4-9-17(15)28(2,26)27/h3-10,23H,11-12H2,1-2H3,(H,21,24). The zero-order valence-electron chi connectivity index (χ0n) is 15.5. The summed E-state index contributed by atoms with van der Waals surface area (Å²) in [6.45, 7) is 0.223. The number of benzene rings is 2. The number of hydrogen-bond acceptors (Lipinski definition) is 5. The number of amides is 2. The summed E-state index contributed by atoms with van der Waals surface area (Å²) in [7, 11) is -1.89. The Labute approximate surface area is 163 Å². The molecule has 0 aliphatic carbocycles. The highest BCUT2D eigenvalue weighted by Crippen LogP contribution is 2.28. The van der Waals surface area contributed by atoms with E-state index in [1.807, 2.05) is 0 Å². The Kier molecular flexibility index (Phi) is 5.24. The molecule has 0 bridgehead atoms. The van der Waals surface area contributed by atoms with Gasteiger partial charge in [-0.25, -0.2) is 8.42 Å². The third-order valence-electron chi connectivity index (χ3n) is 4.48. The Balaban J connectivity index is 1.81. The van der Waals surface area contributed by atoms with Crippen molar-refractivity contribution < 1.29 is 23.1 Å². The largest absolute Gasteiger partial charge is 0.503 e. The third kappa shape index (κ3) is 3.91. The lowest BCUT2D eigenvalue weighted by Gasteiger charge is -2.11. The molecule has 2 N–H and O–H groups in total. The number of aliphatic hydroxyl groups is 1. The second-order valence-corrected chi connectivity index (χ2v) is 8.62. The molecule has 3 rings (SSSR count). The molecule has 1 aliphatic rings. The van der Waals surface area contributed by atoms with Crippen molar-refractivity contribution in [2.45, 2.75) is 11.4 Å². The summed E-state index contributed by atoms with van der Waals surface area (Å²) >= 11 is 0. The molecule has 2 aromatic rings. The van der Waals surface area contributed by atoms with Crippen molar-refractivity contribution in [3.05, 3.63) is 65.4 Å². The zero-order valence-corrected chi connectivity index (χ0v) is 16.3. The molecule has 0 fully saturated rings. The van der Waals surface area contributed by atoms with Crippen LogP contribution in [0.2, 0.25) is 0 Å². The van der Waals surface area contributed by atoms with E-state index in [9.17, 15) is 23.1 Å². The Morgan fingerprint density at radius 3 is 2.54 bits per heavy atom. The number of hydrogen-bond donors (Lipinski definition) is 2. The van der Waals surface area contributed by atoms with E-state index in [1.165, 1.54) is 11.9 Å². The molecular formula is C20H20N2O5S. The van der Waals surface area contributed by atoms with Crippen molar-refractivity contribution in [1.82, 2.24) is 10.2 Å². The molecule has 0 radical (unpaired) electrons. The van der Waals surface area contributed by atoms with Crippen LogP contribution in [0.5, 0.6) is 0 Å². The van der Waals surface area contributed by atoms with Gasteiger partial charge in [-0.2, -0.15) is 0 Å². The molecule has 0 aromatic heterocycles. The topological polar surface area (TPSA) is 104 Å². The first-order valence-corrected chi connectivity index (χ1v) is 10.4. The minimum absolute atomic E-state index is 0.0334. The molecule has 146 valence electrons. The van der Waals surface area contributed by atoms with E-state index in [4.69, 9.17) is 0 Å². The van der Waals surface area contributed by atoms with Crippen LogP contribution in [0.25, 0.3) is 11.1 Å². The number of sulfone groups is 1. The van der Waals surface area contributed by atoms with E-state index in [0.717, 1.165) is 11.8 Å². The predicted molar refractivity (Wildman–Crippen MR) is 104 cm³/mol. The van der Waals surface area contributed by atoms with E-state index in [1.54, 1.807) is 48.5 Å². The van der Waals surface area contributed by atoms with Gasteiger partial charge in [0.05, 0.1) is 17.0 Å². The van der Waals surface area contributed by atoms with Crippen molar-refractivity contribution in [3.8, 4) is 11.1 Å². The van der Waals surface area contributed by atoms with Crippen LogP contribution >= 0.6 is 0 Å². The van der Waals surface area contributed by atoms with Gasteiger partial charge < -0.3 is 15.3 Å². The van der Waals surface area contributed by atoms with Crippen LogP contribution < -0.4 is 5.32 Å². The van der Waals surface area contributed by atoms with Crippen LogP contribution in [0.4, 0.5) is 0 Å². The number of likely N-dealkylation sites (N-methyl/N-ethyl adjacent to an activating group) is 1. The van der Waals surface area contributed by atoms with Crippen molar-refractivity contribution in [3.63, 3.8) is 0 Å². The summed E-state index contributed by atoms with van der Waals surface area (Å²) in [5, 5.41) is 12.4. The number of aliphatic hydroxyl groups excluding tert-OH is 1. The molecular weight excluding hydrogens is 380 g/mol. The molecule has 8 heteroatoms. The van der Waals surface area contributed by atoms with Crippen LogP contribution in [-0.4, -0.2) is 50.1 Å². The van der Waals surface area contributed by atoms with E-state index in [0.29, 0.717) is 11.1 Å². The number of carbonyl (C=O) groups excluding carboxylic acids is 2. The Morgan fingerprint density at radius 2 is 1.89 bits per heavy atom. The maximum Gasteiger partial charge on any atom is 0.289 e. The average Bonchev–Trinajstić information content (AvgIpc) is 2.93. The van der Waals surface area contributed by atoms with Gasteiger partial charge >= 0.3 is 0 Å². The molecule has 7 nitrogen and oxygen atoms in total. The molecule has 0 unspecified atom stereocenters. The first-order chi connectivity index (χ1) is 13.2. The monoisotopic (exact) mass is 400 g/mol. The average molecular weight is 400 g/mol. The molecule has 2 aromatic carbocycles. The third-order valence-corrected chi connectivity index (χ3v) is 5.64. The van der Waals surface area contributed by atoms with Gasteiger partial charge in [-0.05, 0) is 23.3 Å². The lowest BCUT2D eigenvalue weighted by Crippen LogP contribution is -2.27. The minimum atomic E-state index is -3.39. The van der Waals surface area contributed by atoms with Gasteiger partial charge in [0.2, 0.25) is 0 Å². The van der Waals surface area contributed by atoms with E-state index < -0.39 is 27.4 Å². The lowest BCUT2D eigenvalue weighted by atomic mass is 10.0. The molecule has 0 saturated heterocycles. The first-order valence-electron chi connectivity index (χ1n) is 8.52. The number of nitrogens with zero attached hydrogens (tertiary/aromatic N) is 1. The minimum Gasteiger partial charge on any atom is -0.503 e. The van der Waals surface area contributed by atoms with Crippen molar-refractivity contribution in [1.29, 1.82) is 0 Å². The van der Waals surface area contributed by atoms with Gasteiger partial charge in [0.15, 0.2) is 15.6 Å². The summed E-state index contributed by atoms with van der Waals surface area (Å²) in [6.07, 6.45) is 1.16. The molecule has 1 aliphatic heterocycles. The lowest BCUT2D eigenvalue weighted by molar-refractivity contribution is -0.126. The normalized spacial score (nSPS) is 14.5. The number of rotatable bonds is 5. The summed E-state index contributed by atoms with van der Waals surface area (Å²) < 4.78 is 24.1. The second kappa shape index (κ2) is 7.47. The summed E-state index contributed by atoms with van der Waals surface area (Å²) in [6, 6.07) is 13.9. The van der Waals surface area contributed by atoms with Crippen LogP contribution in [0.3, 0.4) is 0 Å². The van der Waals surface area contributed by atoms with Crippen LogP contribution in [0.15, 0.2) is 64.8 Å². The van der Waals surface area contributed by atoms with Crippen molar-refractivity contribution >= 4 is 21.7 Å². The number of carbonyl (C=O) groups is 2. The Hall–Kier alpha value is -3.13. The second-order valence-electron chi connectivity index (χ2n) is 6.64. The smallest absolute Gasteiger partial charge is 0.289 e. The Bertz CT molecular complexity index is 1090. The van der Waals surface area contributed by atoms with Gasteiger partial charge in [-0.3, -0.25) is 9.59 Å². The molecule has 0 saturated carbocycles. The summed E-state index contributed by atoms with van der Waals surface area (Å²) in [4.78, 5) is 25.4. The summed E-state index contributed by atoms with van der Waals surface area (Å²) in [5.41, 5.74) is 2.09. The van der Waals surface area contributed by atoms with E-state index in [-0.39, 0.29) is 23.6 Å². The fourth-order valence-electron chi connectivity index (χ4n) is 3.04. The molecule has 0 atom stereocenters. The van der Waals surface area contributed by atoms with Crippen LogP contribution in [0, 0.1) is 0 Å². The van der Waals surface area contributed by atoms with Crippen LogP contribution in [0.1, 0.15) is 5.56 Å². The molecule has 1 heterocycles. The van der Waals surface area contributed by atoms with Gasteiger partial charge in [-0.1, -0.05) is 36.4 Å². The predicted octanol–water partition coefficient (Wildman–Crippen LogP) is 1.66.